The van der Waals surface area contributed by atoms with Gasteiger partial charge in [0.2, 0.25) is 0 Å². The van der Waals surface area contributed by atoms with Crippen LogP contribution in [0.2, 0.25) is 0 Å². The van der Waals surface area contributed by atoms with E-state index in [1.54, 1.807) is 18.5 Å². The molecule has 0 aromatic carbocycles. The normalized spacial score (nSPS) is 19.4. The van der Waals surface area contributed by atoms with Crippen LogP contribution in [0.5, 0.6) is 0 Å². The smallest absolute Gasteiger partial charge is 0.255 e. The van der Waals surface area contributed by atoms with Crippen molar-refractivity contribution in [2.24, 2.45) is 11.8 Å². The topological polar surface area (TPSA) is 68.0 Å². The number of nitrogens with zero attached hydrogens (tertiary/aromatic N) is 1. The molecule has 3 rings (SSSR count). The average molecular weight is 231 g/mol. The number of carbonyl (C=O) groups is 1. The van der Waals surface area contributed by atoms with Crippen molar-refractivity contribution in [1.82, 2.24) is 10.3 Å². The van der Waals surface area contributed by atoms with Crippen LogP contribution in [-0.2, 0) is 0 Å². The summed E-state index contributed by atoms with van der Waals surface area (Å²) >= 11 is 0. The van der Waals surface area contributed by atoms with E-state index in [9.17, 15) is 4.79 Å². The predicted molar refractivity (Wildman–Crippen MR) is 65.4 cm³/mol. The molecule has 2 saturated carbocycles. The van der Waals surface area contributed by atoms with E-state index in [0.29, 0.717) is 29.1 Å². The fourth-order valence-corrected chi connectivity index (χ4v) is 2.36. The number of pyridine rings is 1. The van der Waals surface area contributed by atoms with Gasteiger partial charge in [-0.25, -0.2) is 0 Å². The highest BCUT2D eigenvalue weighted by molar-refractivity contribution is 5.98. The Morgan fingerprint density at radius 3 is 2.53 bits per heavy atom. The summed E-state index contributed by atoms with van der Waals surface area (Å²) in [6, 6.07) is 2.03. The number of amides is 1. The molecule has 1 amide bonds. The summed E-state index contributed by atoms with van der Waals surface area (Å²) in [5.41, 5.74) is 6.78. The summed E-state index contributed by atoms with van der Waals surface area (Å²) in [5, 5.41) is 3.14. The van der Waals surface area contributed by atoms with E-state index in [2.05, 4.69) is 10.3 Å². The molecule has 0 unspecified atom stereocenters. The van der Waals surface area contributed by atoms with Crippen molar-refractivity contribution in [3.05, 3.63) is 24.0 Å². The van der Waals surface area contributed by atoms with Crippen molar-refractivity contribution >= 4 is 11.6 Å². The first-order valence-electron chi connectivity index (χ1n) is 6.26. The highest BCUT2D eigenvalue weighted by Crippen LogP contribution is 2.44. The van der Waals surface area contributed by atoms with Gasteiger partial charge in [0.05, 0.1) is 5.56 Å². The third kappa shape index (κ3) is 2.25. The Kier molecular flexibility index (Phi) is 2.50. The summed E-state index contributed by atoms with van der Waals surface area (Å²) < 4.78 is 0. The van der Waals surface area contributed by atoms with Crippen LogP contribution >= 0.6 is 0 Å². The van der Waals surface area contributed by atoms with Gasteiger partial charge in [0.25, 0.3) is 5.91 Å². The minimum absolute atomic E-state index is 0.0700. The van der Waals surface area contributed by atoms with E-state index in [-0.39, 0.29) is 5.91 Å². The van der Waals surface area contributed by atoms with Crippen LogP contribution in [0.4, 0.5) is 5.69 Å². The lowest BCUT2D eigenvalue weighted by molar-refractivity contribution is 0.0927. The predicted octanol–water partition coefficient (Wildman–Crippen LogP) is 1.58. The zero-order valence-electron chi connectivity index (χ0n) is 9.73. The molecular weight excluding hydrogens is 214 g/mol. The number of carbonyl (C=O) groups excluding carboxylic acids is 1. The Morgan fingerprint density at radius 1 is 1.35 bits per heavy atom. The van der Waals surface area contributed by atoms with Gasteiger partial charge in [-0.15, -0.1) is 0 Å². The molecule has 0 bridgehead atoms. The lowest BCUT2D eigenvalue weighted by Crippen LogP contribution is -2.38. The molecule has 2 aliphatic rings. The standard InChI is InChI=1S/C13H17N3O/c14-11-5-6-15-7-10(11)13(17)16-12(8-1-2-8)9-3-4-9/h5-9,12H,1-4H2,(H2,14,15)(H,16,17). The Hall–Kier alpha value is -1.58. The number of hydrogen-bond acceptors (Lipinski definition) is 3. The number of nitrogens with two attached hydrogens (primary N) is 1. The quantitative estimate of drug-likeness (QED) is 0.826. The lowest BCUT2D eigenvalue weighted by Gasteiger charge is -2.18. The van der Waals surface area contributed by atoms with E-state index in [4.69, 9.17) is 5.73 Å². The van der Waals surface area contributed by atoms with Crippen molar-refractivity contribution in [1.29, 1.82) is 0 Å². The average Bonchev–Trinajstić information content (AvgIpc) is 3.16. The number of nitrogen functional groups attached to an aromatic ring is 1. The van der Waals surface area contributed by atoms with Gasteiger partial charge < -0.3 is 11.1 Å². The minimum Gasteiger partial charge on any atom is -0.398 e. The lowest BCUT2D eigenvalue weighted by atomic mass is 10.1. The fourth-order valence-electron chi connectivity index (χ4n) is 2.36. The number of anilines is 1. The van der Waals surface area contributed by atoms with Crippen LogP contribution in [0.1, 0.15) is 36.0 Å². The highest BCUT2D eigenvalue weighted by atomic mass is 16.1. The van der Waals surface area contributed by atoms with Gasteiger partial charge in [0, 0.05) is 24.1 Å². The van der Waals surface area contributed by atoms with E-state index >= 15 is 0 Å². The molecule has 2 aliphatic carbocycles. The Labute approximate surface area is 101 Å². The van der Waals surface area contributed by atoms with Crippen molar-refractivity contribution in [2.45, 2.75) is 31.7 Å². The van der Waals surface area contributed by atoms with Gasteiger partial charge in [-0.05, 0) is 43.6 Å². The molecule has 0 atom stereocenters. The molecule has 3 N–H and O–H groups in total. The van der Waals surface area contributed by atoms with Crippen LogP contribution in [-0.4, -0.2) is 16.9 Å². The Morgan fingerprint density at radius 2 is 2.00 bits per heavy atom. The first kappa shape index (κ1) is 10.6. The molecule has 0 saturated heterocycles. The van der Waals surface area contributed by atoms with Gasteiger partial charge in [0.1, 0.15) is 0 Å². The first-order chi connectivity index (χ1) is 8.25. The SMILES string of the molecule is Nc1ccncc1C(=O)NC(C1CC1)C1CC1. The van der Waals surface area contributed by atoms with Crippen molar-refractivity contribution in [2.75, 3.05) is 5.73 Å². The molecule has 90 valence electrons. The number of hydrogen-bond donors (Lipinski definition) is 2. The van der Waals surface area contributed by atoms with Crippen molar-refractivity contribution in [3.63, 3.8) is 0 Å². The summed E-state index contributed by atoms with van der Waals surface area (Å²) in [6.45, 7) is 0. The third-order valence-electron chi connectivity index (χ3n) is 3.66. The number of rotatable bonds is 4. The Bertz CT molecular complexity index is 426. The molecule has 2 fully saturated rings. The van der Waals surface area contributed by atoms with Crippen molar-refractivity contribution in [3.8, 4) is 0 Å². The van der Waals surface area contributed by atoms with E-state index in [1.807, 2.05) is 0 Å². The van der Waals surface area contributed by atoms with Crippen molar-refractivity contribution < 1.29 is 4.79 Å². The molecule has 4 heteroatoms. The molecule has 1 aromatic rings. The van der Waals surface area contributed by atoms with Crippen LogP contribution in [0.3, 0.4) is 0 Å². The third-order valence-corrected chi connectivity index (χ3v) is 3.66. The van der Waals surface area contributed by atoms with E-state index in [1.165, 1.54) is 25.7 Å². The largest absolute Gasteiger partial charge is 0.398 e. The second kappa shape index (κ2) is 4.02. The van der Waals surface area contributed by atoms with Gasteiger partial charge in [-0.3, -0.25) is 9.78 Å². The maximum Gasteiger partial charge on any atom is 0.255 e. The molecule has 0 radical (unpaired) electrons. The fraction of sp³-hybridized carbons (Fsp3) is 0.538. The van der Waals surface area contributed by atoms with Crippen LogP contribution < -0.4 is 11.1 Å². The maximum atomic E-state index is 12.1. The molecule has 17 heavy (non-hydrogen) atoms. The highest BCUT2D eigenvalue weighted by Gasteiger charge is 2.42. The molecule has 1 heterocycles. The second-order valence-corrected chi connectivity index (χ2v) is 5.14. The molecule has 0 aliphatic heterocycles. The summed E-state index contributed by atoms with van der Waals surface area (Å²) in [5.74, 6) is 1.33. The summed E-state index contributed by atoms with van der Waals surface area (Å²) in [4.78, 5) is 16.1. The molecular formula is C13H17N3O. The monoisotopic (exact) mass is 231 g/mol. The number of nitrogens with one attached hydrogen (secondary N) is 1. The molecule has 1 aromatic heterocycles. The first-order valence-corrected chi connectivity index (χ1v) is 6.26. The Balaban J connectivity index is 1.71. The van der Waals surface area contributed by atoms with Crippen LogP contribution in [0.25, 0.3) is 0 Å². The summed E-state index contributed by atoms with van der Waals surface area (Å²) in [6.07, 6.45) is 8.16. The second-order valence-electron chi connectivity index (χ2n) is 5.14. The maximum absolute atomic E-state index is 12.1. The van der Waals surface area contributed by atoms with Crippen LogP contribution in [0.15, 0.2) is 18.5 Å². The minimum atomic E-state index is -0.0700. The molecule has 0 spiro atoms. The van der Waals surface area contributed by atoms with Gasteiger partial charge in [-0.1, -0.05) is 0 Å². The van der Waals surface area contributed by atoms with E-state index in [0.717, 1.165) is 0 Å². The van der Waals surface area contributed by atoms with Gasteiger partial charge >= 0.3 is 0 Å². The van der Waals surface area contributed by atoms with E-state index < -0.39 is 0 Å². The zero-order valence-corrected chi connectivity index (χ0v) is 9.73. The number of aromatic nitrogens is 1. The van der Waals surface area contributed by atoms with Gasteiger partial charge in [-0.2, -0.15) is 0 Å². The zero-order chi connectivity index (χ0) is 11.8. The summed E-state index contributed by atoms with van der Waals surface area (Å²) in [7, 11) is 0. The van der Waals surface area contributed by atoms with Gasteiger partial charge in [0.15, 0.2) is 0 Å². The van der Waals surface area contributed by atoms with Crippen LogP contribution in [0, 0.1) is 11.8 Å². The molecule has 4 nitrogen and oxygen atoms in total.